The molecule has 0 spiro atoms. The number of nitrogens with zero attached hydrogens (tertiary/aromatic N) is 2. The highest BCUT2D eigenvalue weighted by molar-refractivity contribution is 7.15. The molecule has 1 aromatic rings. The summed E-state index contributed by atoms with van der Waals surface area (Å²) in [5.41, 5.74) is 0. The molecule has 22 heavy (non-hydrogen) atoms. The number of aryl methyl sites for hydroxylation is 1. The summed E-state index contributed by atoms with van der Waals surface area (Å²) in [4.78, 5) is 24.2. The van der Waals surface area contributed by atoms with Crippen LogP contribution in [0.1, 0.15) is 45.5 Å². The van der Waals surface area contributed by atoms with E-state index in [1.54, 1.807) is 13.8 Å². The second-order valence-corrected chi connectivity index (χ2v) is 6.44. The third-order valence-corrected chi connectivity index (χ3v) is 4.09. The number of amides is 2. The maximum absolute atomic E-state index is 12.3. The summed E-state index contributed by atoms with van der Waals surface area (Å²) in [5.74, 6) is -1.08. The van der Waals surface area contributed by atoms with Gasteiger partial charge in [-0.1, -0.05) is 45.5 Å². The van der Waals surface area contributed by atoms with E-state index in [0.717, 1.165) is 17.8 Å². The molecule has 0 bridgehead atoms. The zero-order valence-electron chi connectivity index (χ0n) is 13.4. The lowest BCUT2D eigenvalue weighted by Crippen LogP contribution is -2.48. The van der Waals surface area contributed by atoms with E-state index in [1.807, 2.05) is 13.8 Å². The molecule has 0 aliphatic heterocycles. The van der Waals surface area contributed by atoms with Crippen LogP contribution in [0.25, 0.3) is 0 Å². The number of hydrogen-bond acceptors (Lipinski definition) is 6. The van der Waals surface area contributed by atoms with Crippen LogP contribution < -0.4 is 10.6 Å². The van der Waals surface area contributed by atoms with Gasteiger partial charge in [0.2, 0.25) is 16.9 Å². The highest BCUT2D eigenvalue weighted by Gasteiger charge is 2.26. The normalized spacial score (nSPS) is 13.7. The van der Waals surface area contributed by atoms with Gasteiger partial charge >= 0.3 is 0 Å². The molecule has 1 heterocycles. The van der Waals surface area contributed by atoms with E-state index < -0.39 is 18.1 Å². The second kappa shape index (κ2) is 8.79. The minimum Gasteiger partial charge on any atom is -0.383 e. The fourth-order valence-electron chi connectivity index (χ4n) is 1.76. The van der Waals surface area contributed by atoms with E-state index in [1.165, 1.54) is 11.3 Å². The van der Waals surface area contributed by atoms with Crippen LogP contribution in [0.4, 0.5) is 5.13 Å². The highest BCUT2D eigenvalue weighted by Crippen LogP contribution is 2.16. The molecule has 2 atom stereocenters. The Balaban J connectivity index is 2.68. The Labute approximate surface area is 134 Å². The smallest absolute Gasteiger partial charge is 0.249 e. The van der Waals surface area contributed by atoms with Gasteiger partial charge in [-0.05, 0) is 18.8 Å². The molecule has 2 unspecified atom stereocenters. The first-order valence-electron chi connectivity index (χ1n) is 7.50. The number of hydrogen-bond donors (Lipinski definition) is 3. The van der Waals surface area contributed by atoms with E-state index in [-0.39, 0.29) is 11.8 Å². The average Bonchev–Trinajstić information content (AvgIpc) is 2.93. The van der Waals surface area contributed by atoms with Crippen molar-refractivity contribution in [2.24, 2.45) is 5.92 Å². The summed E-state index contributed by atoms with van der Waals surface area (Å²) >= 11 is 1.31. The van der Waals surface area contributed by atoms with Gasteiger partial charge in [0.05, 0.1) is 0 Å². The third kappa shape index (κ3) is 5.34. The van der Waals surface area contributed by atoms with Crippen LogP contribution in [0.3, 0.4) is 0 Å². The van der Waals surface area contributed by atoms with Crippen LogP contribution in [0.5, 0.6) is 0 Å². The Bertz CT molecular complexity index is 504. The maximum atomic E-state index is 12.3. The molecule has 1 aromatic heterocycles. The van der Waals surface area contributed by atoms with Crippen molar-refractivity contribution in [2.75, 3.05) is 5.32 Å². The zero-order valence-corrected chi connectivity index (χ0v) is 14.2. The SMILES string of the molecule is CCCC(NC(=O)C(O)C(C)C)C(=O)Nc1nnc(CC)s1. The van der Waals surface area contributed by atoms with Crippen molar-refractivity contribution in [2.45, 2.75) is 59.1 Å². The number of rotatable bonds is 8. The Morgan fingerprint density at radius 3 is 2.41 bits per heavy atom. The number of carbonyl (C=O) groups is 2. The summed E-state index contributed by atoms with van der Waals surface area (Å²) in [6.45, 7) is 7.37. The molecule has 8 heteroatoms. The molecule has 7 nitrogen and oxygen atoms in total. The first-order valence-corrected chi connectivity index (χ1v) is 8.32. The monoisotopic (exact) mass is 328 g/mol. The van der Waals surface area contributed by atoms with Crippen LogP contribution >= 0.6 is 11.3 Å². The predicted octanol–water partition coefficient (Wildman–Crippen LogP) is 1.34. The van der Waals surface area contributed by atoms with Crippen LogP contribution in [0.15, 0.2) is 0 Å². The predicted molar refractivity (Wildman–Crippen MR) is 85.6 cm³/mol. The number of aliphatic hydroxyl groups is 1. The van der Waals surface area contributed by atoms with Gasteiger partial charge in [0, 0.05) is 0 Å². The summed E-state index contributed by atoms with van der Waals surface area (Å²) < 4.78 is 0. The molecular formula is C14H24N4O3S. The standard InChI is InChI=1S/C14H24N4O3S/c1-5-7-9(15-13(21)11(19)8(3)4)12(20)16-14-18-17-10(6-2)22-14/h8-9,11,19H,5-7H2,1-4H3,(H,15,21)(H,16,18,20). The fourth-order valence-corrected chi connectivity index (χ4v) is 2.44. The largest absolute Gasteiger partial charge is 0.383 e. The molecule has 0 radical (unpaired) electrons. The minimum atomic E-state index is -1.12. The number of aromatic nitrogens is 2. The number of nitrogens with one attached hydrogen (secondary N) is 2. The van der Waals surface area contributed by atoms with Crippen molar-refractivity contribution in [3.05, 3.63) is 5.01 Å². The van der Waals surface area contributed by atoms with E-state index in [2.05, 4.69) is 20.8 Å². The van der Waals surface area contributed by atoms with Crippen molar-refractivity contribution in [1.82, 2.24) is 15.5 Å². The molecule has 0 fully saturated rings. The molecular weight excluding hydrogens is 304 g/mol. The van der Waals surface area contributed by atoms with Gasteiger partial charge in [-0.25, -0.2) is 0 Å². The van der Waals surface area contributed by atoms with Gasteiger partial charge < -0.3 is 10.4 Å². The van der Waals surface area contributed by atoms with Crippen molar-refractivity contribution in [3.8, 4) is 0 Å². The van der Waals surface area contributed by atoms with Gasteiger partial charge in [0.25, 0.3) is 0 Å². The zero-order chi connectivity index (χ0) is 16.7. The topological polar surface area (TPSA) is 104 Å². The van der Waals surface area contributed by atoms with Crippen LogP contribution in [-0.4, -0.2) is 39.3 Å². The first-order chi connectivity index (χ1) is 10.4. The van der Waals surface area contributed by atoms with Gasteiger partial charge in [-0.3, -0.25) is 14.9 Å². The lowest BCUT2D eigenvalue weighted by molar-refractivity contribution is -0.134. The van der Waals surface area contributed by atoms with Crippen molar-refractivity contribution < 1.29 is 14.7 Å². The van der Waals surface area contributed by atoms with Crippen LogP contribution in [-0.2, 0) is 16.0 Å². The molecule has 124 valence electrons. The van der Waals surface area contributed by atoms with Gasteiger partial charge in [-0.15, -0.1) is 10.2 Å². The van der Waals surface area contributed by atoms with E-state index in [4.69, 9.17) is 0 Å². The average molecular weight is 328 g/mol. The molecule has 0 aliphatic rings. The van der Waals surface area contributed by atoms with E-state index in [9.17, 15) is 14.7 Å². The quantitative estimate of drug-likeness (QED) is 0.668. The van der Waals surface area contributed by atoms with Crippen molar-refractivity contribution in [1.29, 1.82) is 0 Å². The Kier molecular flexibility index (Phi) is 7.40. The molecule has 0 aliphatic carbocycles. The van der Waals surface area contributed by atoms with E-state index in [0.29, 0.717) is 11.6 Å². The molecule has 3 N–H and O–H groups in total. The van der Waals surface area contributed by atoms with Crippen LogP contribution in [0, 0.1) is 5.92 Å². The highest BCUT2D eigenvalue weighted by atomic mass is 32.1. The molecule has 2 amide bonds. The minimum absolute atomic E-state index is 0.208. The summed E-state index contributed by atoms with van der Waals surface area (Å²) in [5, 5.41) is 24.1. The number of anilines is 1. The van der Waals surface area contributed by atoms with Gasteiger partial charge in [-0.2, -0.15) is 0 Å². The Morgan fingerprint density at radius 2 is 1.91 bits per heavy atom. The molecule has 0 saturated heterocycles. The van der Waals surface area contributed by atoms with Gasteiger partial charge in [0.15, 0.2) is 0 Å². The summed E-state index contributed by atoms with van der Waals surface area (Å²) in [6, 6.07) is -0.695. The summed E-state index contributed by atoms with van der Waals surface area (Å²) in [6.07, 6.45) is 0.845. The lowest BCUT2D eigenvalue weighted by atomic mass is 10.1. The lowest BCUT2D eigenvalue weighted by Gasteiger charge is -2.20. The third-order valence-electron chi connectivity index (χ3n) is 3.11. The summed E-state index contributed by atoms with van der Waals surface area (Å²) in [7, 11) is 0. The van der Waals surface area contributed by atoms with Crippen molar-refractivity contribution >= 4 is 28.3 Å². The van der Waals surface area contributed by atoms with Gasteiger partial charge in [0.1, 0.15) is 17.2 Å². The fraction of sp³-hybridized carbons (Fsp3) is 0.714. The Morgan fingerprint density at radius 1 is 1.23 bits per heavy atom. The van der Waals surface area contributed by atoms with Crippen molar-refractivity contribution in [3.63, 3.8) is 0 Å². The Hall–Kier alpha value is -1.54. The first kappa shape index (κ1) is 18.5. The number of aliphatic hydroxyl groups excluding tert-OH is 1. The van der Waals surface area contributed by atoms with Crippen LogP contribution in [0.2, 0.25) is 0 Å². The molecule has 0 aromatic carbocycles. The maximum Gasteiger partial charge on any atom is 0.249 e. The molecule has 0 saturated carbocycles. The second-order valence-electron chi connectivity index (χ2n) is 5.38. The van der Waals surface area contributed by atoms with E-state index >= 15 is 0 Å². The number of carbonyl (C=O) groups excluding carboxylic acids is 2. The molecule has 1 rings (SSSR count).